The lowest BCUT2D eigenvalue weighted by Gasteiger charge is -2.59. The fourth-order valence-corrected chi connectivity index (χ4v) is 6.12. The number of halogens is 3. The van der Waals surface area contributed by atoms with Gasteiger partial charge in [0.1, 0.15) is 10.6 Å². The second-order valence-corrected chi connectivity index (χ2v) is 9.76. The van der Waals surface area contributed by atoms with Crippen molar-refractivity contribution in [3.63, 3.8) is 0 Å². The molecule has 0 N–H and O–H groups in total. The average Bonchev–Trinajstić information content (AvgIpc) is 2.99. The van der Waals surface area contributed by atoms with Gasteiger partial charge in [-0.05, 0) is 31.9 Å². The van der Waals surface area contributed by atoms with E-state index in [2.05, 4.69) is 9.88 Å². The van der Waals surface area contributed by atoms with Crippen LogP contribution in [0.25, 0.3) is 0 Å². The van der Waals surface area contributed by atoms with Crippen LogP contribution in [0.4, 0.5) is 13.2 Å². The summed E-state index contributed by atoms with van der Waals surface area (Å²) in [5.74, 6) is 0. The molecular weight excluding hydrogens is 383 g/mol. The van der Waals surface area contributed by atoms with Crippen LogP contribution in [0.1, 0.15) is 24.2 Å². The molecule has 27 heavy (non-hydrogen) atoms. The zero-order valence-electron chi connectivity index (χ0n) is 15.0. The van der Waals surface area contributed by atoms with Gasteiger partial charge in [-0.3, -0.25) is 4.90 Å². The van der Waals surface area contributed by atoms with Crippen LogP contribution in [0, 0.1) is 12.3 Å². The summed E-state index contributed by atoms with van der Waals surface area (Å²) in [7, 11) is -3.82. The highest BCUT2D eigenvalue weighted by atomic mass is 32.2. The summed E-state index contributed by atoms with van der Waals surface area (Å²) in [5.41, 5.74) is -1.24. The highest BCUT2D eigenvalue weighted by Crippen LogP contribution is 2.43. The minimum Gasteiger partial charge on any atom is -0.377 e. The molecule has 0 amide bonds. The first-order valence-electron chi connectivity index (χ1n) is 8.98. The molecule has 150 valence electrons. The zero-order valence-corrected chi connectivity index (χ0v) is 15.8. The summed E-state index contributed by atoms with van der Waals surface area (Å²) in [4.78, 5) is 5.57. The average molecular weight is 405 g/mol. The third-order valence-electron chi connectivity index (χ3n) is 5.57. The molecule has 0 aromatic carbocycles. The van der Waals surface area contributed by atoms with E-state index in [9.17, 15) is 21.6 Å². The predicted molar refractivity (Wildman–Crippen MR) is 90.6 cm³/mol. The first-order valence-corrected chi connectivity index (χ1v) is 10.4. The maximum atomic E-state index is 12.8. The summed E-state index contributed by atoms with van der Waals surface area (Å²) in [6.07, 6.45) is -2.14. The molecule has 0 bridgehead atoms. The van der Waals surface area contributed by atoms with Crippen LogP contribution < -0.4 is 0 Å². The molecule has 4 rings (SSSR count). The maximum Gasteiger partial charge on any atom is 0.433 e. The van der Waals surface area contributed by atoms with E-state index in [1.807, 2.05) is 0 Å². The minimum absolute atomic E-state index is 0.0289. The highest BCUT2D eigenvalue weighted by Gasteiger charge is 2.55. The third kappa shape index (κ3) is 3.48. The van der Waals surface area contributed by atoms with E-state index < -0.39 is 21.9 Å². The van der Waals surface area contributed by atoms with E-state index in [1.165, 1.54) is 11.2 Å². The van der Waals surface area contributed by atoms with Gasteiger partial charge in [0.2, 0.25) is 10.0 Å². The SMILES string of the molecule is Cc1nc(C(F)(F)F)ccc1S(=O)(=O)N1CC2(CN(C[C@@H]3CCCO3)C2)C1. The topological polar surface area (TPSA) is 62.7 Å². The molecule has 6 nitrogen and oxygen atoms in total. The van der Waals surface area contributed by atoms with Crippen molar-refractivity contribution in [2.24, 2.45) is 5.41 Å². The number of hydrogen-bond donors (Lipinski definition) is 0. The Kier molecular flexibility index (Phi) is 4.53. The number of rotatable bonds is 4. The van der Waals surface area contributed by atoms with Gasteiger partial charge >= 0.3 is 6.18 Å². The summed E-state index contributed by atoms with van der Waals surface area (Å²) >= 11 is 0. The summed E-state index contributed by atoms with van der Waals surface area (Å²) in [6.45, 7) is 5.47. The molecule has 3 aliphatic rings. The fraction of sp³-hybridized carbons (Fsp3) is 0.706. The van der Waals surface area contributed by atoms with Gasteiger partial charge in [-0.15, -0.1) is 0 Å². The third-order valence-corrected chi connectivity index (χ3v) is 7.50. The number of sulfonamides is 1. The second-order valence-electron chi connectivity index (χ2n) is 7.86. The van der Waals surface area contributed by atoms with Gasteiger partial charge in [-0.2, -0.15) is 17.5 Å². The fourth-order valence-electron chi connectivity index (χ4n) is 4.30. The molecule has 1 atom stereocenters. The Morgan fingerprint density at radius 3 is 2.52 bits per heavy atom. The Bertz CT molecular complexity index is 824. The molecule has 3 aliphatic heterocycles. The van der Waals surface area contributed by atoms with Crippen LogP contribution in [0.5, 0.6) is 0 Å². The molecule has 0 radical (unpaired) electrons. The minimum atomic E-state index is -4.59. The molecule has 1 aromatic rings. The molecule has 0 unspecified atom stereocenters. The van der Waals surface area contributed by atoms with Crippen LogP contribution >= 0.6 is 0 Å². The Morgan fingerprint density at radius 1 is 1.26 bits per heavy atom. The van der Waals surface area contributed by atoms with Crippen molar-refractivity contribution < 1.29 is 26.3 Å². The monoisotopic (exact) mass is 405 g/mol. The Balaban J connectivity index is 1.38. The number of nitrogens with zero attached hydrogens (tertiary/aromatic N) is 3. The van der Waals surface area contributed by atoms with Crippen LogP contribution in [0.15, 0.2) is 17.0 Å². The van der Waals surface area contributed by atoms with Crippen molar-refractivity contribution >= 4 is 10.0 Å². The zero-order chi connectivity index (χ0) is 19.4. The van der Waals surface area contributed by atoms with E-state index >= 15 is 0 Å². The first-order chi connectivity index (χ1) is 12.6. The van der Waals surface area contributed by atoms with Crippen LogP contribution in [-0.2, 0) is 20.9 Å². The van der Waals surface area contributed by atoms with Gasteiger partial charge < -0.3 is 4.74 Å². The smallest absolute Gasteiger partial charge is 0.377 e. The molecule has 3 saturated heterocycles. The molecule has 3 fully saturated rings. The van der Waals surface area contributed by atoms with Gasteiger partial charge in [0.15, 0.2) is 0 Å². The van der Waals surface area contributed by atoms with E-state index in [0.717, 1.165) is 51.2 Å². The van der Waals surface area contributed by atoms with Gasteiger partial charge in [0.25, 0.3) is 0 Å². The number of likely N-dealkylation sites (tertiary alicyclic amines) is 1. The number of alkyl halides is 3. The maximum absolute atomic E-state index is 12.8. The molecule has 4 heterocycles. The van der Waals surface area contributed by atoms with Gasteiger partial charge in [-0.25, -0.2) is 13.4 Å². The lowest BCUT2D eigenvalue weighted by Crippen LogP contribution is -2.73. The van der Waals surface area contributed by atoms with E-state index in [1.54, 1.807) is 0 Å². The molecular formula is C17H22F3N3O3S. The number of pyridine rings is 1. The summed E-state index contributed by atoms with van der Waals surface area (Å²) in [5, 5.41) is 0. The molecule has 10 heteroatoms. The lowest BCUT2D eigenvalue weighted by atomic mass is 9.74. The number of ether oxygens (including phenoxy) is 1. The predicted octanol–water partition coefficient (Wildman–Crippen LogP) is 1.89. The van der Waals surface area contributed by atoms with Gasteiger partial charge in [0.05, 0.1) is 11.8 Å². The normalized spacial score (nSPS) is 26.1. The molecule has 1 spiro atoms. The van der Waals surface area contributed by atoms with Crippen molar-refractivity contribution in [1.29, 1.82) is 0 Å². The number of aromatic nitrogens is 1. The van der Waals surface area contributed by atoms with Gasteiger partial charge in [-0.1, -0.05) is 0 Å². The van der Waals surface area contributed by atoms with Crippen molar-refractivity contribution in [1.82, 2.24) is 14.2 Å². The van der Waals surface area contributed by atoms with E-state index in [0.29, 0.717) is 13.1 Å². The lowest BCUT2D eigenvalue weighted by molar-refractivity contribution is -0.141. The van der Waals surface area contributed by atoms with Crippen LogP contribution in [0.2, 0.25) is 0 Å². The standard InChI is InChI=1S/C17H22F3N3O3S/c1-12-14(4-5-15(21-12)17(18,19)20)27(24,25)23-10-16(11-23)8-22(9-16)7-13-3-2-6-26-13/h4-5,13H,2-3,6-11H2,1H3/t13-/m0/s1. The highest BCUT2D eigenvalue weighted by molar-refractivity contribution is 7.89. The van der Waals surface area contributed by atoms with Gasteiger partial charge in [0, 0.05) is 44.7 Å². The first kappa shape index (κ1) is 19.1. The Labute approximate surface area is 156 Å². The van der Waals surface area contributed by atoms with Crippen molar-refractivity contribution in [3.8, 4) is 0 Å². The Hall–Kier alpha value is -1.23. The molecule has 0 aliphatic carbocycles. The van der Waals surface area contributed by atoms with E-state index in [4.69, 9.17) is 4.74 Å². The Morgan fingerprint density at radius 2 is 1.96 bits per heavy atom. The van der Waals surface area contributed by atoms with Crippen LogP contribution in [-0.4, -0.2) is 68.0 Å². The number of aryl methyl sites for hydroxylation is 1. The van der Waals surface area contributed by atoms with E-state index in [-0.39, 0.29) is 22.1 Å². The summed E-state index contributed by atoms with van der Waals surface area (Å²) in [6, 6.07) is 1.73. The van der Waals surface area contributed by atoms with Crippen molar-refractivity contribution in [2.75, 3.05) is 39.3 Å². The molecule has 1 aromatic heterocycles. The quantitative estimate of drug-likeness (QED) is 0.766. The van der Waals surface area contributed by atoms with Crippen molar-refractivity contribution in [3.05, 3.63) is 23.5 Å². The largest absolute Gasteiger partial charge is 0.433 e. The van der Waals surface area contributed by atoms with Crippen molar-refractivity contribution in [2.45, 2.75) is 36.9 Å². The summed E-state index contributed by atoms with van der Waals surface area (Å²) < 4.78 is 70.7. The molecule has 0 saturated carbocycles. The van der Waals surface area contributed by atoms with Crippen LogP contribution in [0.3, 0.4) is 0 Å². The number of hydrogen-bond acceptors (Lipinski definition) is 5. The second kappa shape index (κ2) is 6.40.